The number of aryl methyl sites for hydroxylation is 1. The summed E-state index contributed by atoms with van der Waals surface area (Å²) in [5.74, 6) is 0. The van der Waals surface area contributed by atoms with E-state index in [1.165, 1.54) is 10.0 Å². The zero-order chi connectivity index (χ0) is 10.8. The highest BCUT2D eigenvalue weighted by Crippen LogP contribution is 2.22. The molecule has 0 saturated carbocycles. The first-order chi connectivity index (χ1) is 7.24. The average Bonchev–Trinajstić information content (AvgIpc) is 2.60. The lowest BCUT2D eigenvalue weighted by atomic mass is 10.2. The van der Waals surface area contributed by atoms with Crippen LogP contribution in [0.5, 0.6) is 0 Å². The van der Waals surface area contributed by atoms with Crippen molar-refractivity contribution in [1.29, 1.82) is 0 Å². The third kappa shape index (κ3) is 2.52. The van der Waals surface area contributed by atoms with Gasteiger partial charge in [0.05, 0.1) is 5.38 Å². The van der Waals surface area contributed by atoms with Crippen molar-refractivity contribution in [3.8, 4) is 5.69 Å². The van der Waals surface area contributed by atoms with Crippen LogP contribution in [0.15, 0.2) is 34.0 Å². The van der Waals surface area contributed by atoms with Crippen molar-refractivity contribution in [3.05, 3.63) is 35.3 Å². The number of halogens is 1. The second kappa shape index (κ2) is 5.88. The highest BCUT2D eigenvalue weighted by atomic mass is 127. The van der Waals surface area contributed by atoms with Gasteiger partial charge in [0.25, 0.3) is 0 Å². The SMILES string of the molecule is CSc1scc(C)[n+]1-c1ccccc1N.[I-]. The van der Waals surface area contributed by atoms with Crippen LogP contribution in [0.4, 0.5) is 5.69 Å². The Hall–Kier alpha value is -0.270. The molecule has 5 heteroatoms. The molecule has 0 aliphatic heterocycles. The van der Waals surface area contributed by atoms with Crippen LogP contribution in [0.3, 0.4) is 0 Å². The minimum Gasteiger partial charge on any atom is -1.00 e. The van der Waals surface area contributed by atoms with Crippen LogP contribution in [0, 0.1) is 6.92 Å². The molecule has 0 atom stereocenters. The van der Waals surface area contributed by atoms with E-state index in [9.17, 15) is 0 Å². The van der Waals surface area contributed by atoms with E-state index in [2.05, 4.69) is 29.2 Å². The van der Waals surface area contributed by atoms with Gasteiger partial charge >= 0.3 is 4.34 Å². The van der Waals surface area contributed by atoms with E-state index in [-0.39, 0.29) is 24.0 Å². The smallest absolute Gasteiger partial charge is 0.303 e. The van der Waals surface area contributed by atoms with E-state index in [1.54, 1.807) is 23.1 Å². The first kappa shape index (κ1) is 13.8. The van der Waals surface area contributed by atoms with Crippen molar-refractivity contribution in [2.24, 2.45) is 0 Å². The number of aromatic nitrogens is 1. The van der Waals surface area contributed by atoms with Crippen LogP contribution in [0.25, 0.3) is 5.69 Å². The number of nitrogens with zero attached hydrogens (tertiary/aromatic N) is 1. The Bertz CT molecular complexity index is 483. The van der Waals surface area contributed by atoms with Gasteiger partial charge < -0.3 is 29.7 Å². The summed E-state index contributed by atoms with van der Waals surface area (Å²) < 4.78 is 3.45. The molecule has 0 bridgehead atoms. The number of nitrogens with two attached hydrogens (primary N) is 1. The van der Waals surface area contributed by atoms with Crippen molar-refractivity contribution in [2.45, 2.75) is 11.3 Å². The molecule has 1 aromatic heterocycles. The van der Waals surface area contributed by atoms with Crippen LogP contribution >= 0.6 is 23.1 Å². The fourth-order valence-electron chi connectivity index (χ4n) is 1.50. The summed E-state index contributed by atoms with van der Waals surface area (Å²) in [4.78, 5) is 0. The van der Waals surface area contributed by atoms with Crippen LogP contribution in [-0.4, -0.2) is 6.26 Å². The van der Waals surface area contributed by atoms with E-state index in [0.717, 1.165) is 11.4 Å². The first-order valence-electron chi connectivity index (χ1n) is 4.63. The van der Waals surface area contributed by atoms with Gasteiger partial charge in [0.2, 0.25) is 5.69 Å². The Morgan fingerprint density at radius 2 is 2.00 bits per heavy atom. The Labute approximate surface area is 121 Å². The molecule has 0 unspecified atom stereocenters. The lowest BCUT2D eigenvalue weighted by Crippen LogP contribution is -3.00. The maximum atomic E-state index is 5.98. The van der Waals surface area contributed by atoms with Crippen LogP contribution < -0.4 is 34.3 Å². The molecule has 1 aromatic carbocycles. The molecule has 0 aliphatic rings. The molecule has 1 heterocycles. The maximum Gasteiger partial charge on any atom is 0.303 e. The van der Waals surface area contributed by atoms with E-state index in [0.29, 0.717) is 0 Å². The van der Waals surface area contributed by atoms with Gasteiger partial charge in [0.1, 0.15) is 5.69 Å². The molecule has 0 spiro atoms. The summed E-state index contributed by atoms with van der Waals surface area (Å²) in [6.07, 6.45) is 2.08. The number of thiazole rings is 1. The lowest BCUT2D eigenvalue weighted by Gasteiger charge is -2.00. The summed E-state index contributed by atoms with van der Waals surface area (Å²) in [7, 11) is 0. The average molecular weight is 364 g/mol. The van der Waals surface area contributed by atoms with Crippen molar-refractivity contribution >= 4 is 28.8 Å². The normalized spacial score (nSPS) is 9.88. The summed E-state index contributed by atoms with van der Waals surface area (Å²) in [6, 6.07) is 7.96. The number of nitrogen functional groups attached to an aromatic ring is 1. The third-order valence-electron chi connectivity index (χ3n) is 2.22. The second-order valence-electron chi connectivity index (χ2n) is 3.24. The quantitative estimate of drug-likeness (QED) is 0.342. The Kier molecular flexibility index (Phi) is 5.07. The zero-order valence-corrected chi connectivity index (χ0v) is 12.9. The summed E-state index contributed by atoms with van der Waals surface area (Å²) in [6.45, 7) is 2.10. The standard InChI is InChI=1S/C11H13N2S2.HI/c1-8-7-15-11(14-2)13(8)10-6-4-3-5-9(10)12;/h3-7H,12H2,1-2H3;1H/q+1;/p-1. The van der Waals surface area contributed by atoms with Crippen LogP contribution in [-0.2, 0) is 0 Å². The number of thioether (sulfide) groups is 1. The Morgan fingerprint density at radius 3 is 2.62 bits per heavy atom. The molecule has 0 radical (unpaired) electrons. The number of hydrogen-bond acceptors (Lipinski definition) is 3. The maximum absolute atomic E-state index is 5.98. The summed E-state index contributed by atoms with van der Waals surface area (Å²) in [5.41, 5.74) is 9.09. The molecule has 0 saturated heterocycles. The molecular weight excluding hydrogens is 351 g/mol. The molecule has 16 heavy (non-hydrogen) atoms. The van der Waals surface area contributed by atoms with Gasteiger partial charge in [-0.15, -0.1) is 4.57 Å². The molecule has 86 valence electrons. The van der Waals surface area contributed by atoms with Crippen molar-refractivity contribution in [1.82, 2.24) is 0 Å². The van der Waals surface area contributed by atoms with Crippen molar-refractivity contribution < 1.29 is 28.5 Å². The van der Waals surface area contributed by atoms with Crippen molar-refractivity contribution in [2.75, 3.05) is 12.0 Å². The van der Waals surface area contributed by atoms with Gasteiger partial charge in [-0.3, -0.25) is 0 Å². The fourth-order valence-corrected chi connectivity index (χ4v) is 3.18. The van der Waals surface area contributed by atoms with Gasteiger partial charge in [0.15, 0.2) is 5.69 Å². The van der Waals surface area contributed by atoms with Crippen LogP contribution in [0.2, 0.25) is 0 Å². The minimum atomic E-state index is 0. The Morgan fingerprint density at radius 1 is 1.31 bits per heavy atom. The fraction of sp³-hybridized carbons (Fsp3) is 0.182. The Balaban J connectivity index is 0.00000128. The van der Waals surface area contributed by atoms with Crippen molar-refractivity contribution in [3.63, 3.8) is 0 Å². The predicted octanol–water partition coefficient (Wildman–Crippen LogP) is -0.359. The monoisotopic (exact) mass is 364 g/mol. The van der Waals surface area contributed by atoms with E-state index in [4.69, 9.17) is 5.73 Å². The molecule has 2 aromatic rings. The largest absolute Gasteiger partial charge is 1.00 e. The molecule has 0 fully saturated rings. The van der Waals surface area contributed by atoms with Gasteiger partial charge in [-0.05, 0) is 24.1 Å². The third-order valence-corrected chi connectivity index (χ3v) is 4.38. The zero-order valence-electron chi connectivity index (χ0n) is 9.11. The van der Waals surface area contributed by atoms with E-state index < -0.39 is 0 Å². The molecule has 0 aliphatic carbocycles. The minimum absolute atomic E-state index is 0. The first-order valence-corrected chi connectivity index (χ1v) is 6.73. The van der Waals surface area contributed by atoms with Gasteiger partial charge in [-0.2, -0.15) is 0 Å². The molecule has 2 rings (SSSR count). The second-order valence-corrected chi connectivity index (χ2v) is 5.15. The topological polar surface area (TPSA) is 29.9 Å². The number of benzene rings is 1. The molecule has 2 nitrogen and oxygen atoms in total. The predicted molar refractivity (Wildman–Crippen MR) is 66.8 cm³/mol. The number of hydrogen-bond donors (Lipinski definition) is 1. The van der Waals surface area contributed by atoms with Gasteiger partial charge in [-0.1, -0.05) is 23.5 Å². The van der Waals surface area contributed by atoms with Gasteiger partial charge in [0, 0.05) is 13.0 Å². The molecule has 2 N–H and O–H groups in total. The van der Waals surface area contributed by atoms with Gasteiger partial charge in [-0.25, -0.2) is 0 Å². The number of para-hydroxylation sites is 2. The summed E-state index contributed by atoms with van der Waals surface area (Å²) in [5, 5.41) is 2.15. The molecular formula is C11H13IN2S2. The van der Waals surface area contributed by atoms with E-state index in [1.807, 2.05) is 18.2 Å². The van der Waals surface area contributed by atoms with Crippen LogP contribution in [0.1, 0.15) is 5.69 Å². The highest BCUT2D eigenvalue weighted by molar-refractivity contribution is 8.00. The number of anilines is 1. The number of rotatable bonds is 2. The summed E-state index contributed by atoms with van der Waals surface area (Å²) >= 11 is 3.50. The molecule has 0 amide bonds. The lowest BCUT2D eigenvalue weighted by molar-refractivity contribution is -0.634. The van der Waals surface area contributed by atoms with E-state index >= 15 is 0 Å². The highest BCUT2D eigenvalue weighted by Gasteiger charge is 2.21.